The second kappa shape index (κ2) is 9.25. The average Bonchev–Trinajstić information content (AvgIpc) is 3.32. The Morgan fingerprint density at radius 3 is 2.77 bits per heavy atom. The molecule has 1 aliphatic carbocycles. The van der Waals surface area contributed by atoms with Crippen LogP contribution in [-0.2, 0) is 24.3 Å². The minimum Gasteiger partial charge on any atom is -0.332 e. The van der Waals surface area contributed by atoms with Crippen molar-refractivity contribution >= 4 is 17.2 Å². The number of amides is 1. The number of fused-ring (bicyclic) bond motifs is 1. The highest BCUT2D eigenvalue weighted by Gasteiger charge is 2.35. The molecule has 0 bridgehead atoms. The van der Waals surface area contributed by atoms with E-state index in [0.29, 0.717) is 12.4 Å². The first-order valence-corrected chi connectivity index (χ1v) is 12.7. The first-order chi connectivity index (χ1) is 15.2. The second-order valence-corrected chi connectivity index (χ2v) is 10.3. The van der Waals surface area contributed by atoms with E-state index in [4.69, 9.17) is 4.98 Å². The zero-order chi connectivity index (χ0) is 21.2. The molecule has 0 spiro atoms. The normalized spacial score (nSPS) is 23.0. The Hall–Kier alpha value is -1.99. The molecule has 1 saturated carbocycles. The number of rotatable bonds is 4. The van der Waals surface area contributed by atoms with Crippen LogP contribution in [-0.4, -0.2) is 38.8 Å². The summed E-state index contributed by atoms with van der Waals surface area (Å²) in [4.78, 5) is 40.0. The van der Waals surface area contributed by atoms with E-state index in [9.17, 15) is 9.59 Å². The van der Waals surface area contributed by atoms with Gasteiger partial charge in [0, 0.05) is 43.4 Å². The molecule has 4 heterocycles. The van der Waals surface area contributed by atoms with Crippen LogP contribution in [0.3, 0.4) is 0 Å². The highest BCUT2D eigenvalue weighted by atomic mass is 32.1. The van der Waals surface area contributed by atoms with Crippen LogP contribution < -0.4 is 5.56 Å². The molecule has 7 heteroatoms. The Labute approximate surface area is 187 Å². The average molecular weight is 441 g/mol. The maximum absolute atomic E-state index is 13.3. The van der Waals surface area contributed by atoms with E-state index in [-0.39, 0.29) is 23.4 Å². The van der Waals surface area contributed by atoms with Gasteiger partial charge in [-0.25, -0.2) is 4.98 Å². The van der Waals surface area contributed by atoms with Crippen LogP contribution in [0.1, 0.15) is 79.4 Å². The van der Waals surface area contributed by atoms with Crippen molar-refractivity contribution in [3.8, 4) is 0 Å². The van der Waals surface area contributed by atoms with E-state index in [1.807, 2.05) is 4.90 Å². The Balaban J connectivity index is 1.35. The largest absolute Gasteiger partial charge is 0.332 e. The van der Waals surface area contributed by atoms with Crippen molar-refractivity contribution in [2.75, 3.05) is 13.1 Å². The summed E-state index contributed by atoms with van der Waals surface area (Å²) in [6.07, 6.45) is 9.39. The number of aromatic nitrogens is 2. The van der Waals surface area contributed by atoms with Crippen molar-refractivity contribution in [3.63, 3.8) is 0 Å². The number of hydrogen-bond acceptors (Lipinski definition) is 5. The van der Waals surface area contributed by atoms with E-state index >= 15 is 0 Å². The van der Waals surface area contributed by atoms with Crippen molar-refractivity contribution in [3.05, 3.63) is 49.8 Å². The molecule has 166 valence electrons. The van der Waals surface area contributed by atoms with Gasteiger partial charge in [-0.2, -0.15) is 0 Å². The van der Waals surface area contributed by atoms with Gasteiger partial charge in [0.2, 0.25) is 5.91 Å². The van der Waals surface area contributed by atoms with Gasteiger partial charge in [0.25, 0.3) is 5.56 Å². The molecule has 1 N–H and O–H groups in total. The van der Waals surface area contributed by atoms with Crippen molar-refractivity contribution in [2.45, 2.75) is 76.9 Å². The van der Waals surface area contributed by atoms with Gasteiger partial charge >= 0.3 is 0 Å². The standard InChI is InChI=1S/C24H32N4O2S/c29-23-19-16-27(15-18-9-6-14-31-18)13-11-20(19)25-22(26-23)21-10-4-5-12-28(21)24(30)17-7-2-1-3-8-17/h6,9,14,17,21H,1-5,7-8,10-13,15-16H2,(H,25,26,29). The van der Waals surface area contributed by atoms with Crippen LogP contribution in [0, 0.1) is 5.92 Å². The third-order valence-electron chi connectivity index (χ3n) is 7.18. The fraction of sp³-hybridized carbons (Fsp3) is 0.625. The first kappa shape index (κ1) is 20.9. The summed E-state index contributed by atoms with van der Waals surface area (Å²) in [6.45, 7) is 3.22. The van der Waals surface area contributed by atoms with E-state index in [0.717, 1.165) is 82.3 Å². The fourth-order valence-corrected chi connectivity index (χ4v) is 6.23. The SMILES string of the molecule is O=C(C1CCCCC1)N1CCCCC1c1nc2c(c(=O)[nH]1)CN(Cc1cccs1)CC2. The van der Waals surface area contributed by atoms with E-state index < -0.39 is 0 Å². The summed E-state index contributed by atoms with van der Waals surface area (Å²) >= 11 is 1.76. The quantitative estimate of drug-likeness (QED) is 0.780. The molecule has 2 fully saturated rings. The van der Waals surface area contributed by atoms with E-state index in [2.05, 4.69) is 27.4 Å². The third kappa shape index (κ3) is 4.48. The van der Waals surface area contributed by atoms with Crippen LogP contribution in [0.5, 0.6) is 0 Å². The number of nitrogens with zero attached hydrogens (tertiary/aromatic N) is 3. The van der Waals surface area contributed by atoms with Gasteiger partial charge in [0.1, 0.15) is 5.82 Å². The minimum absolute atomic E-state index is 0.0217. The molecule has 0 aromatic carbocycles. The monoisotopic (exact) mass is 440 g/mol. The number of hydrogen-bond donors (Lipinski definition) is 1. The van der Waals surface area contributed by atoms with E-state index in [1.165, 1.54) is 11.3 Å². The van der Waals surface area contributed by atoms with Gasteiger partial charge in [0.15, 0.2) is 0 Å². The van der Waals surface area contributed by atoms with Crippen molar-refractivity contribution in [1.82, 2.24) is 19.8 Å². The number of piperidine rings is 1. The predicted molar refractivity (Wildman–Crippen MR) is 122 cm³/mol. The summed E-state index contributed by atoms with van der Waals surface area (Å²) in [7, 11) is 0. The molecule has 2 aliphatic heterocycles. The lowest BCUT2D eigenvalue weighted by Crippen LogP contribution is -2.44. The molecule has 2 aromatic rings. The Morgan fingerprint density at radius 1 is 1.13 bits per heavy atom. The molecule has 31 heavy (non-hydrogen) atoms. The molecule has 6 nitrogen and oxygen atoms in total. The summed E-state index contributed by atoms with van der Waals surface area (Å²) in [5.41, 5.74) is 1.70. The Kier molecular flexibility index (Phi) is 6.23. The summed E-state index contributed by atoms with van der Waals surface area (Å²) in [5.74, 6) is 1.15. The number of nitrogens with one attached hydrogen (secondary N) is 1. The van der Waals surface area contributed by atoms with Crippen LogP contribution in [0.15, 0.2) is 22.3 Å². The van der Waals surface area contributed by atoms with Gasteiger partial charge in [-0.15, -0.1) is 11.3 Å². The number of likely N-dealkylation sites (tertiary alicyclic amines) is 1. The molecule has 5 rings (SSSR count). The molecular weight excluding hydrogens is 408 g/mol. The van der Waals surface area contributed by atoms with E-state index in [1.54, 1.807) is 11.3 Å². The van der Waals surface area contributed by atoms with Gasteiger partial charge < -0.3 is 9.88 Å². The number of carbonyl (C=O) groups is 1. The molecule has 2 aromatic heterocycles. The van der Waals surface area contributed by atoms with Gasteiger partial charge in [0.05, 0.1) is 17.3 Å². The Bertz CT molecular complexity index is 964. The molecule has 1 atom stereocenters. The van der Waals surface area contributed by atoms with Gasteiger partial charge in [-0.05, 0) is 43.6 Å². The fourth-order valence-electron chi connectivity index (χ4n) is 5.48. The topological polar surface area (TPSA) is 69.3 Å². The van der Waals surface area contributed by atoms with Crippen LogP contribution in [0.2, 0.25) is 0 Å². The van der Waals surface area contributed by atoms with Crippen LogP contribution in [0.4, 0.5) is 0 Å². The maximum Gasteiger partial charge on any atom is 0.255 e. The van der Waals surface area contributed by atoms with Gasteiger partial charge in [-0.3, -0.25) is 14.5 Å². The number of carbonyl (C=O) groups excluding carboxylic acids is 1. The molecule has 1 unspecified atom stereocenters. The molecule has 1 amide bonds. The summed E-state index contributed by atoms with van der Waals surface area (Å²) in [6, 6.07) is 4.14. The molecule has 3 aliphatic rings. The summed E-state index contributed by atoms with van der Waals surface area (Å²) in [5, 5.41) is 2.10. The number of aromatic amines is 1. The second-order valence-electron chi connectivity index (χ2n) is 9.29. The van der Waals surface area contributed by atoms with Crippen molar-refractivity contribution in [2.24, 2.45) is 5.92 Å². The van der Waals surface area contributed by atoms with Crippen LogP contribution >= 0.6 is 11.3 Å². The number of H-pyrrole nitrogens is 1. The lowest BCUT2D eigenvalue weighted by atomic mass is 9.87. The van der Waals surface area contributed by atoms with Crippen LogP contribution in [0.25, 0.3) is 0 Å². The van der Waals surface area contributed by atoms with Gasteiger partial charge in [-0.1, -0.05) is 25.3 Å². The smallest absolute Gasteiger partial charge is 0.255 e. The summed E-state index contributed by atoms with van der Waals surface area (Å²) < 4.78 is 0. The highest BCUT2D eigenvalue weighted by molar-refractivity contribution is 7.09. The highest BCUT2D eigenvalue weighted by Crippen LogP contribution is 2.34. The first-order valence-electron chi connectivity index (χ1n) is 11.9. The third-order valence-corrected chi connectivity index (χ3v) is 8.04. The molecule has 0 radical (unpaired) electrons. The van der Waals surface area contributed by atoms with Crippen molar-refractivity contribution < 1.29 is 4.79 Å². The maximum atomic E-state index is 13.3. The zero-order valence-electron chi connectivity index (χ0n) is 18.1. The minimum atomic E-state index is -0.0784. The molecule has 1 saturated heterocycles. The Morgan fingerprint density at radius 2 is 1.97 bits per heavy atom. The molecular formula is C24H32N4O2S. The number of thiophene rings is 1. The van der Waals surface area contributed by atoms with Crippen molar-refractivity contribution in [1.29, 1.82) is 0 Å². The lowest BCUT2D eigenvalue weighted by molar-refractivity contribution is -0.140. The lowest BCUT2D eigenvalue weighted by Gasteiger charge is -2.38. The predicted octanol–water partition coefficient (Wildman–Crippen LogP) is 4.02. The zero-order valence-corrected chi connectivity index (χ0v) is 19.0.